The Kier molecular flexibility index (Phi) is 3.14. The Morgan fingerprint density at radius 1 is 0.629 bits per heavy atom. The van der Waals surface area contributed by atoms with Crippen molar-refractivity contribution in [3.63, 3.8) is 0 Å². The molecule has 0 saturated carbocycles. The second-order valence-corrected chi connectivity index (χ2v) is 9.82. The second kappa shape index (κ2) is 6.13. The summed E-state index contributed by atoms with van der Waals surface area (Å²) in [5.74, 6) is 0. The molecule has 3 nitrogen and oxygen atoms in total. The minimum Gasteiger partial charge on any atom is -0.290 e. The van der Waals surface area contributed by atoms with Crippen molar-refractivity contribution in [2.24, 2.45) is 0 Å². The monoisotopic (exact) mass is 445 g/mol. The topological polar surface area (TPSA) is 30.2 Å². The maximum atomic E-state index is 5.09. The first kappa shape index (κ1) is 17.9. The molecule has 3 aromatic heterocycles. The average molecular weight is 446 g/mol. The molecule has 162 valence electrons. The van der Waals surface area contributed by atoms with Crippen LogP contribution in [0.2, 0.25) is 0 Å². The largest absolute Gasteiger partial charge is 0.290 e. The molecule has 0 unspecified atom stereocenters. The summed E-state index contributed by atoms with van der Waals surface area (Å²) in [4.78, 5) is 9.97. The standard InChI is InChI=1S/C32H19N3/c1-2-7-21-18(6-1)15-24-22(21)12-11-19-14-20-16-26-25(17-23(20)30(19)24)31-29(10-5-13-33-31)35-28-9-4-3-8-27(28)34-32(26)35/h1-13,16-17H,14-15H2. The first-order chi connectivity index (χ1) is 17.3. The lowest BCUT2D eigenvalue weighted by molar-refractivity contribution is 1.23. The molecule has 0 radical (unpaired) electrons. The van der Waals surface area contributed by atoms with Crippen molar-refractivity contribution in [3.05, 3.63) is 113 Å². The lowest BCUT2D eigenvalue weighted by Crippen LogP contribution is -1.94. The number of nitrogens with zero attached hydrogens (tertiary/aromatic N) is 3. The van der Waals surface area contributed by atoms with Crippen molar-refractivity contribution in [2.45, 2.75) is 12.8 Å². The molecule has 0 spiro atoms. The van der Waals surface area contributed by atoms with Gasteiger partial charge in [-0.2, -0.15) is 0 Å². The Balaban J connectivity index is 1.41. The van der Waals surface area contributed by atoms with Crippen molar-refractivity contribution in [3.8, 4) is 22.3 Å². The number of hydrogen-bond acceptors (Lipinski definition) is 2. The van der Waals surface area contributed by atoms with Crippen LogP contribution in [0.25, 0.3) is 60.7 Å². The molecule has 0 aliphatic heterocycles. The molecule has 4 aromatic carbocycles. The van der Waals surface area contributed by atoms with Crippen molar-refractivity contribution in [1.82, 2.24) is 14.4 Å². The van der Waals surface area contributed by atoms with Gasteiger partial charge in [-0.1, -0.05) is 48.5 Å². The summed E-state index contributed by atoms with van der Waals surface area (Å²) in [6, 6.07) is 30.9. The molecule has 0 fully saturated rings. The minimum absolute atomic E-state index is 0.969. The SMILES string of the molecule is c1ccc2c(c1)Cc1c-2ccc2c1-c1cc3c(cc1C2)c1nc2ccccc2n1c1cccnc31. The highest BCUT2D eigenvalue weighted by molar-refractivity contribution is 6.14. The van der Waals surface area contributed by atoms with Gasteiger partial charge in [0.2, 0.25) is 0 Å². The van der Waals surface area contributed by atoms with E-state index in [1.54, 1.807) is 0 Å². The van der Waals surface area contributed by atoms with Crippen LogP contribution in [0.4, 0.5) is 0 Å². The molecule has 3 heterocycles. The molecule has 0 atom stereocenters. The molecule has 0 N–H and O–H groups in total. The van der Waals surface area contributed by atoms with E-state index in [1.165, 1.54) is 55.3 Å². The molecular weight excluding hydrogens is 426 g/mol. The molecule has 0 bridgehead atoms. The zero-order valence-electron chi connectivity index (χ0n) is 18.9. The summed E-state index contributed by atoms with van der Waals surface area (Å²) in [5, 5.41) is 2.36. The third kappa shape index (κ3) is 2.17. The van der Waals surface area contributed by atoms with E-state index < -0.39 is 0 Å². The quantitative estimate of drug-likeness (QED) is 0.229. The van der Waals surface area contributed by atoms with E-state index in [0.717, 1.165) is 40.6 Å². The van der Waals surface area contributed by atoms with Crippen LogP contribution in [0.15, 0.2) is 91.1 Å². The summed E-state index contributed by atoms with van der Waals surface area (Å²) in [6.07, 6.45) is 3.88. The van der Waals surface area contributed by atoms with E-state index in [2.05, 4.69) is 83.3 Å². The van der Waals surface area contributed by atoms with Gasteiger partial charge < -0.3 is 0 Å². The molecule has 0 amide bonds. The van der Waals surface area contributed by atoms with Crippen molar-refractivity contribution in [1.29, 1.82) is 0 Å². The molecule has 2 aliphatic rings. The number of imidazole rings is 1. The summed E-state index contributed by atoms with van der Waals surface area (Å²) < 4.78 is 2.28. The fraction of sp³-hybridized carbons (Fsp3) is 0.0625. The lowest BCUT2D eigenvalue weighted by atomic mass is 9.94. The Hall–Kier alpha value is -4.50. The van der Waals surface area contributed by atoms with Gasteiger partial charge in [0, 0.05) is 17.0 Å². The van der Waals surface area contributed by atoms with Crippen molar-refractivity contribution < 1.29 is 0 Å². The second-order valence-electron chi connectivity index (χ2n) is 9.82. The molecular formula is C32H19N3. The zero-order chi connectivity index (χ0) is 22.7. The summed E-state index contributed by atoms with van der Waals surface area (Å²) in [5.41, 5.74) is 16.6. The number of pyridine rings is 2. The van der Waals surface area contributed by atoms with E-state index in [0.29, 0.717) is 0 Å². The first-order valence-corrected chi connectivity index (χ1v) is 12.2. The third-order valence-electron chi connectivity index (χ3n) is 8.05. The van der Waals surface area contributed by atoms with E-state index >= 15 is 0 Å². The highest BCUT2D eigenvalue weighted by atomic mass is 15.0. The fourth-order valence-electron chi connectivity index (χ4n) is 6.59. The molecule has 0 saturated heterocycles. The predicted molar refractivity (Wildman–Crippen MR) is 142 cm³/mol. The Labute approximate surface area is 201 Å². The van der Waals surface area contributed by atoms with Gasteiger partial charge in [0.25, 0.3) is 0 Å². The van der Waals surface area contributed by atoms with Gasteiger partial charge in [-0.25, -0.2) is 4.98 Å². The first-order valence-electron chi connectivity index (χ1n) is 12.2. The van der Waals surface area contributed by atoms with Gasteiger partial charge in [0.1, 0.15) is 5.65 Å². The predicted octanol–water partition coefficient (Wildman–Crippen LogP) is 7.33. The fourth-order valence-corrected chi connectivity index (χ4v) is 6.59. The minimum atomic E-state index is 0.969. The maximum absolute atomic E-state index is 5.09. The van der Waals surface area contributed by atoms with Crippen LogP contribution in [0.3, 0.4) is 0 Å². The molecule has 2 aliphatic carbocycles. The Morgan fingerprint density at radius 2 is 1.51 bits per heavy atom. The van der Waals surface area contributed by atoms with E-state index in [9.17, 15) is 0 Å². The van der Waals surface area contributed by atoms with Gasteiger partial charge >= 0.3 is 0 Å². The van der Waals surface area contributed by atoms with Gasteiger partial charge in [-0.3, -0.25) is 9.38 Å². The Bertz CT molecular complexity index is 2060. The number of aromatic nitrogens is 3. The summed E-state index contributed by atoms with van der Waals surface area (Å²) in [6.45, 7) is 0. The number of benzene rings is 4. The lowest BCUT2D eigenvalue weighted by Gasteiger charge is -2.12. The van der Waals surface area contributed by atoms with E-state index in [1.807, 2.05) is 12.3 Å². The van der Waals surface area contributed by atoms with Crippen LogP contribution in [0.5, 0.6) is 0 Å². The van der Waals surface area contributed by atoms with Crippen LogP contribution in [-0.2, 0) is 12.8 Å². The van der Waals surface area contributed by atoms with E-state index in [4.69, 9.17) is 9.97 Å². The number of fused-ring (bicyclic) bond motifs is 15. The highest BCUT2D eigenvalue weighted by Gasteiger charge is 2.29. The molecule has 3 heteroatoms. The molecule has 7 aromatic rings. The van der Waals surface area contributed by atoms with Crippen LogP contribution in [0, 0.1) is 0 Å². The van der Waals surface area contributed by atoms with Crippen molar-refractivity contribution >= 4 is 38.5 Å². The molecule has 9 rings (SSSR count). The van der Waals surface area contributed by atoms with Gasteiger partial charge in [0.05, 0.1) is 22.1 Å². The zero-order valence-corrected chi connectivity index (χ0v) is 18.9. The number of hydrogen-bond donors (Lipinski definition) is 0. The summed E-state index contributed by atoms with van der Waals surface area (Å²) in [7, 11) is 0. The normalized spacial score (nSPS) is 13.5. The van der Waals surface area contributed by atoms with Crippen LogP contribution in [0.1, 0.15) is 22.3 Å². The number of rotatable bonds is 0. The van der Waals surface area contributed by atoms with Crippen LogP contribution in [-0.4, -0.2) is 14.4 Å². The summed E-state index contributed by atoms with van der Waals surface area (Å²) >= 11 is 0. The van der Waals surface area contributed by atoms with Crippen molar-refractivity contribution in [2.75, 3.05) is 0 Å². The molecule has 35 heavy (non-hydrogen) atoms. The van der Waals surface area contributed by atoms with Gasteiger partial charge in [-0.05, 0) is 93.7 Å². The van der Waals surface area contributed by atoms with Crippen LogP contribution >= 0.6 is 0 Å². The number of para-hydroxylation sites is 2. The average Bonchev–Trinajstić information content (AvgIpc) is 3.58. The van der Waals surface area contributed by atoms with E-state index in [-0.39, 0.29) is 0 Å². The van der Waals surface area contributed by atoms with Gasteiger partial charge in [-0.15, -0.1) is 0 Å². The maximum Gasteiger partial charge on any atom is 0.146 e. The smallest absolute Gasteiger partial charge is 0.146 e. The van der Waals surface area contributed by atoms with Gasteiger partial charge in [0.15, 0.2) is 0 Å². The Morgan fingerprint density at radius 3 is 2.51 bits per heavy atom. The van der Waals surface area contributed by atoms with Crippen LogP contribution < -0.4 is 0 Å². The third-order valence-corrected chi connectivity index (χ3v) is 8.05. The highest BCUT2D eigenvalue weighted by Crippen LogP contribution is 2.49.